The van der Waals surface area contributed by atoms with Crippen molar-refractivity contribution in [2.24, 2.45) is 7.05 Å². The van der Waals surface area contributed by atoms with E-state index >= 15 is 0 Å². The number of nitriles is 1. The number of amides is 1. The van der Waals surface area contributed by atoms with Crippen LogP contribution in [0.15, 0.2) is 12.3 Å². The van der Waals surface area contributed by atoms with Gasteiger partial charge in [-0.15, -0.1) is 0 Å². The van der Waals surface area contributed by atoms with Crippen LogP contribution in [0.4, 0.5) is 0 Å². The van der Waals surface area contributed by atoms with Crippen LogP contribution in [0.25, 0.3) is 0 Å². The Labute approximate surface area is 106 Å². The smallest absolute Gasteiger partial charge is 0.271 e. The summed E-state index contributed by atoms with van der Waals surface area (Å²) in [6, 6.07) is 4.05. The van der Waals surface area contributed by atoms with Gasteiger partial charge in [0, 0.05) is 32.4 Å². The summed E-state index contributed by atoms with van der Waals surface area (Å²) in [6.07, 6.45) is 3.53. The third-order valence-electron chi connectivity index (χ3n) is 3.16. The minimum atomic E-state index is -0.116. The lowest BCUT2D eigenvalue weighted by Crippen LogP contribution is -2.44. The summed E-state index contributed by atoms with van der Waals surface area (Å²) in [6.45, 7) is 2.20. The van der Waals surface area contributed by atoms with Gasteiger partial charge in [-0.3, -0.25) is 14.4 Å². The molecule has 2 rings (SSSR count). The first-order valence-corrected chi connectivity index (χ1v) is 6.09. The van der Waals surface area contributed by atoms with E-state index in [-0.39, 0.29) is 11.9 Å². The number of nitrogens with one attached hydrogen (secondary N) is 1. The summed E-state index contributed by atoms with van der Waals surface area (Å²) in [5.74, 6) is -0.116. The molecule has 2 heterocycles. The monoisotopic (exact) mass is 247 g/mol. The van der Waals surface area contributed by atoms with E-state index in [1.165, 1.54) is 0 Å². The lowest BCUT2D eigenvalue weighted by Gasteiger charge is -2.30. The van der Waals surface area contributed by atoms with E-state index < -0.39 is 0 Å². The van der Waals surface area contributed by atoms with Gasteiger partial charge in [-0.25, -0.2) is 0 Å². The molecule has 96 valence electrons. The summed E-state index contributed by atoms with van der Waals surface area (Å²) < 4.78 is 1.62. The van der Waals surface area contributed by atoms with Gasteiger partial charge in [-0.1, -0.05) is 0 Å². The molecule has 0 spiro atoms. The number of likely N-dealkylation sites (tertiary alicyclic amines) is 1. The molecule has 1 aliphatic heterocycles. The number of carbonyl (C=O) groups excluding carboxylic acids is 1. The Hall–Kier alpha value is -1.87. The highest BCUT2D eigenvalue weighted by Crippen LogP contribution is 2.10. The highest BCUT2D eigenvalue weighted by molar-refractivity contribution is 5.92. The number of aromatic nitrogens is 2. The van der Waals surface area contributed by atoms with Crippen LogP contribution in [0.1, 0.15) is 23.3 Å². The topological polar surface area (TPSA) is 74.0 Å². The summed E-state index contributed by atoms with van der Waals surface area (Å²) >= 11 is 0. The highest BCUT2D eigenvalue weighted by atomic mass is 16.2. The van der Waals surface area contributed by atoms with Crippen molar-refractivity contribution in [1.29, 1.82) is 5.26 Å². The van der Waals surface area contributed by atoms with Crippen molar-refractivity contribution < 1.29 is 4.79 Å². The number of hydrogen-bond donors (Lipinski definition) is 1. The zero-order valence-electron chi connectivity index (χ0n) is 10.5. The van der Waals surface area contributed by atoms with Gasteiger partial charge in [0.25, 0.3) is 5.91 Å². The predicted molar refractivity (Wildman–Crippen MR) is 65.7 cm³/mol. The Morgan fingerprint density at radius 1 is 1.61 bits per heavy atom. The number of rotatable bonds is 3. The van der Waals surface area contributed by atoms with E-state index in [4.69, 9.17) is 5.26 Å². The quantitative estimate of drug-likeness (QED) is 0.771. The second kappa shape index (κ2) is 5.65. The SMILES string of the molecule is Cn1ccc(C(=O)NC2CCN(CC#N)CC2)n1. The molecule has 1 saturated heterocycles. The van der Waals surface area contributed by atoms with E-state index in [1.807, 2.05) is 0 Å². The van der Waals surface area contributed by atoms with Crippen LogP contribution in [0.5, 0.6) is 0 Å². The summed E-state index contributed by atoms with van der Waals surface area (Å²) in [5.41, 5.74) is 0.456. The van der Waals surface area contributed by atoms with Gasteiger partial charge in [0.15, 0.2) is 0 Å². The standard InChI is InChI=1S/C12H17N5O/c1-16-6-4-11(15-16)12(18)14-10-2-7-17(8-3-10)9-5-13/h4,6,10H,2-3,7-9H2,1H3,(H,14,18). The Morgan fingerprint density at radius 2 is 2.33 bits per heavy atom. The summed E-state index contributed by atoms with van der Waals surface area (Å²) in [4.78, 5) is 14.0. The van der Waals surface area contributed by atoms with Gasteiger partial charge in [-0.05, 0) is 18.9 Å². The first-order valence-electron chi connectivity index (χ1n) is 6.09. The van der Waals surface area contributed by atoms with Gasteiger partial charge in [0.05, 0.1) is 12.6 Å². The van der Waals surface area contributed by atoms with Gasteiger partial charge in [0.2, 0.25) is 0 Å². The average Bonchev–Trinajstić information content (AvgIpc) is 2.79. The van der Waals surface area contributed by atoms with Crippen LogP contribution in [-0.2, 0) is 7.05 Å². The molecule has 1 aromatic heterocycles. The molecule has 6 heteroatoms. The second-order valence-electron chi connectivity index (χ2n) is 4.56. The summed E-state index contributed by atoms with van der Waals surface area (Å²) in [7, 11) is 1.79. The van der Waals surface area contributed by atoms with E-state index in [0.717, 1.165) is 25.9 Å². The fourth-order valence-electron chi connectivity index (χ4n) is 2.13. The van der Waals surface area contributed by atoms with E-state index in [9.17, 15) is 4.79 Å². The first kappa shape index (κ1) is 12.6. The molecule has 1 N–H and O–H groups in total. The largest absolute Gasteiger partial charge is 0.348 e. The van der Waals surface area contributed by atoms with Crippen molar-refractivity contribution in [3.8, 4) is 6.07 Å². The molecule has 1 aromatic rings. The Morgan fingerprint density at radius 3 is 2.89 bits per heavy atom. The van der Waals surface area contributed by atoms with Crippen LogP contribution in [0, 0.1) is 11.3 Å². The summed E-state index contributed by atoms with van der Waals surface area (Å²) in [5, 5.41) is 15.7. The number of hydrogen-bond acceptors (Lipinski definition) is 4. The molecule has 0 aliphatic carbocycles. The molecule has 0 atom stereocenters. The highest BCUT2D eigenvalue weighted by Gasteiger charge is 2.21. The lowest BCUT2D eigenvalue weighted by atomic mass is 10.1. The minimum absolute atomic E-state index is 0.116. The van der Waals surface area contributed by atoms with E-state index in [2.05, 4.69) is 21.4 Å². The lowest BCUT2D eigenvalue weighted by molar-refractivity contribution is 0.0908. The van der Waals surface area contributed by atoms with Crippen LogP contribution in [0.3, 0.4) is 0 Å². The van der Waals surface area contributed by atoms with Gasteiger partial charge < -0.3 is 5.32 Å². The molecule has 1 fully saturated rings. The molecule has 0 unspecified atom stereocenters. The molecule has 1 aliphatic rings. The number of piperidine rings is 1. The third kappa shape index (κ3) is 3.08. The maximum absolute atomic E-state index is 11.9. The molecule has 6 nitrogen and oxygen atoms in total. The van der Waals surface area contributed by atoms with Gasteiger partial charge >= 0.3 is 0 Å². The second-order valence-corrected chi connectivity index (χ2v) is 4.56. The molecular formula is C12H17N5O. The third-order valence-corrected chi connectivity index (χ3v) is 3.16. The first-order chi connectivity index (χ1) is 8.69. The normalized spacial score (nSPS) is 17.3. The molecule has 0 radical (unpaired) electrons. The van der Waals surface area contributed by atoms with Crippen LogP contribution in [-0.4, -0.2) is 46.3 Å². The van der Waals surface area contributed by atoms with Crippen molar-refractivity contribution in [1.82, 2.24) is 20.0 Å². The van der Waals surface area contributed by atoms with Crippen LogP contribution < -0.4 is 5.32 Å². The van der Waals surface area contributed by atoms with E-state index in [0.29, 0.717) is 12.2 Å². The van der Waals surface area contributed by atoms with Crippen molar-refractivity contribution in [3.63, 3.8) is 0 Å². The molecule has 1 amide bonds. The zero-order valence-corrected chi connectivity index (χ0v) is 10.5. The molecule has 0 saturated carbocycles. The van der Waals surface area contributed by atoms with Crippen molar-refractivity contribution in [2.75, 3.05) is 19.6 Å². The molecule has 0 bridgehead atoms. The van der Waals surface area contributed by atoms with Crippen LogP contribution in [0.2, 0.25) is 0 Å². The van der Waals surface area contributed by atoms with Crippen molar-refractivity contribution in [3.05, 3.63) is 18.0 Å². The average molecular weight is 247 g/mol. The van der Waals surface area contributed by atoms with E-state index in [1.54, 1.807) is 24.0 Å². The maximum Gasteiger partial charge on any atom is 0.271 e. The van der Waals surface area contributed by atoms with Gasteiger partial charge in [0.1, 0.15) is 5.69 Å². The fourth-order valence-corrected chi connectivity index (χ4v) is 2.13. The Balaban J connectivity index is 1.81. The van der Waals surface area contributed by atoms with Crippen molar-refractivity contribution >= 4 is 5.91 Å². The fraction of sp³-hybridized carbons (Fsp3) is 0.583. The number of nitrogens with zero attached hydrogens (tertiary/aromatic N) is 4. The Kier molecular flexibility index (Phi) is 3.95. The zero-order chi connectivity index (χ0) is 13.0. The number of aryl methyl sites for hydroxylation is 1. The molecular weight excluding hydrogens is 230 g/mol. The molecule has 0 aromatic carbocycles. The van der Waals surface area contributed by atoms with Crippen molar-refractivity contribution in [2.45, 2.75) is 18.9 Å². The Bertz CT molecular complexity index is 453. The van der Waals surface area contributed by atoms with Crippen LogP contribution >= 0.6 is 0 Å². The maximum atomic E-state index is 11.9. The van der Waals surface area contributed by atoms with Gasteiger partial charge in [-0.2, -0.15) is 10.4 Å². The minimum Gasteiger partial charge on any atom is -0.348 e. The number of carbonyl (C=O) groups is 1. The molecule has 18 heavy (non-hydrogen) atoms. The predicted octanol–water partition coefficient (Wildman–Crippen LogP) is 0.138.